The van der Waals surface area contributed by atoms with Crippen LogP contribution in [0.15, 0.2) is 42.6 Å². The number of halogens is 1. The standard InChI is InChI=1S/C19H20ClN3O3/c20-15-3-1-14(2-4-15)18(24)22-17-6-5-16(13-21-17)23-9-7-19(8-10-23)25-11-12-26-19/h1-6,13H,7-12H2,(H,21,22,24). The van der Waals surface area contributed by atoms with Crippen molar-refractivity contribution in [2.24, 2.45) is 0 Å². The summed E-state index contributed by atoms with van der Waals surface area (Å²) in [6, 6.07) is 10.5. The molecule has 2 aliphatic heterocycles. The van der Waals surface area contributed by atoms with Crippen molar-refractivity contribution in [3.8, 4) is 0 Å². The van der Waals surface area contributed by atoms with E-state index < -0.39 is 0 Å². The molecule has 1 N–H and O–H groups in total. The molecule has 1 amide bonds. The van der Waals surface area contributed by atoms with Crippen LogP contribution >= 0.6 is 11.6 Å². The third kappa shape index (κ3) is 3.67. The van der Waals surface area contributed by atoms with Gasteiger partial charge in [0.2, 0.25) is 0 Å². The zero-order valence-corrected chi connectivity index (χ0v) is 15.0. The summed E-state index contributed by atoms with van der Waals surface area (Å²) < 4.78 is 11.5. The van der Waals surface area contributed by atoms with Gasteiger partial charge in [-0.05, 0) is 36.4 Å². The average Bonchev–Trinajstić information content (AvgIpc) is 3.12. The highest BCUT2D eigenvalue weighted by Crippen LogP contribution is 2.33. The van der Waals surface area contributed by atoms with E-state index >= 15 is 0 Å². The van der Waals surface area contributed by atoms with Gasteiger partial charge in [0.1, 0.15) is 5.82 Å². The second kappa shape index (κ2) is 7.23. The van der Waals surface area contributed by atoms with Gasteiger partial charge in [0.15, 0.2) is 5.79 Å². The van der Waals surface area contributed by atoms with Crippen LogP contribution in [0.25, 0.3) is 0 Å². The Balaban J connectivity index is 1.36. The Bertz CT molecular complexity index is 764. The van der Waals surface area contributed by atoms with Crippen molar-refractivity contribution in [1.29, 1.82) is 0 Å². The van der Waals surface area contributed by atoms with E-state index in [1.54, 1.807) is 30.5 Å². The maximum atomic E-state index is 12.2. The molecule has 0 unspecified atom stereocenters. The molecule has 1 spiro atoms. The molecule has 4 rings (SSSR count). The number of rotatable bonds is 3. The number of carbonyl (C=O) groups excluding carboxylic acids is 1. The van der Waals surface area contributed by atoms with Crippen LogP contribution < -0.4 is 10.2 Å². The molecule has 2 fully saturated rings. The summed E-state index contributed by atoms with van der Waals surface area (Å²) in [5.41, 5.74) is 1.57. The number of anilines is 2. The van der Waals surface area contributed by atoms with Gasteiger partial charge in [0.25, 0.3) is 5.91 Å². The summed E-state index contributed by atoms with van der Waals surface area (Å²) in [4.78, 5) is 18.8. The molecule has 1 aromatic heterocycles. The summed E-state index contributed by atoms with van der Waals surface area (Å²) >= 11 is 5.84. The molecule has 136 valence electrons. The first-order chi connectivity index (χ1) is 12.6. The molecule has 2 aliphatic rings. The number of hydrogen-bond donors (Lipinski definition) is 1. The van der Waals surface area contributed by atoms with E-state index in [2.05, 4.69) is 15.2 Å². The molecule has 0 bridgehead atoms. The van der Waals surface area contributed by atoms with Crippen molar-refractivity contribution in [3.63, 3.8) is 0 Å². The average molecular weight is 374 g/mol. The largest absolute Gasteiger partial charge is 0.370 e. The number of pyridine rings is 1. The monoisotopic (exact) mass is 373 g/mol. The van der Waals surface area contributed by atoms with E-state index in [4.69, 9.17) is 21.1 Å². The molecular formula is C19H20ClN3O3. The molecule has 1 aromatic carbocycles. The molecule has 2 saturated heterocycles. The zero-order chi connectivity index (χ0) is 18.0. The van der Waals surface area contributed by atoms with Crippen LogP contribution in [0.5, 0.6) is 0 Å². The second-order valence-corrected chi connectivity index (χ2v) is 6.89. The van der Waals surface area contributed by atoms with Crippen LogP contribution in [0.3, 0.4) is 0 Å². The van der Waals surface area contributed by atoms with E-state index in [-0.39, 0.29) is 11.7 Å². The molecule has 0 saturated carbocycles. The third-order valence-electron chi connectivity index (χ3n) is 4.80. The summed E-state index contributed by atoms with van der Waals surface area (Å²) in [5.74, 6) is -0.0711. The number of carbonyl (C=O) groups is 1. The van der Waals surface area contributed by atoms with Crippen molar-refractivity contribution < 1.29 is 14.3 Å². The van der Waals surface area contributed by atoms with Crippen molar-refractivity contribution in [2.75, 3.05) is 36.5 Å². The van der Waals surface area contributed by atoms with E-state index in [1.165, 1.54) is 0 Å². The number of aromatic nitrogens is 1. The maximum Gasteiger partial charge on any atom is 0.256 e. The lowest BCUT2D eigenvalue weighted by atomic mass is 10.0. The van der Waals surface area contributed by atoms with Crippen LogP contribution in [-0.4, -0.2) is 43.0 Å². The molecule has 0 atom stereocenters. The number of piperidine rings is 1. The molecular weight excluding hydrogens is 354 g/mol. The molecule has 3 heterocycles. The fourth-order valence-corrected chi connectivity index (χ4v) is 3.45. The van der Waals surface area contributed by atoms with Crippen LogP contribution in [0.1, 0.15) is 23.2 Å². The van der Waals surface area contributed by atoms with Gasteiger partial charge in [-0.15, -0.1) is 0 Å². The fraction of sp³-hybridized carbons (Fsp3) is 0.368. The Morgan fingerprint density at radius 2 is 1.77 bits per heavy atom. The lowest BCUT2D eigenvalue weighted by Crippen LogP contribution is -2.45. The Labute approximate surface area is 157 Å². The minimum atomic E-state index is -0.379. The number of benzene rings is 1. The van der Waals surface area contributed by atoms with Gasteiger partial charge in [-0.1, -0.05) is 11.6 Å². The van der Waals surface area contributed by atoms with Gasteiger partial charge in [0, 0.05) is 36.5 Å². The zero-order valence-electron chi connectivity index (χ0n) is 14.3. The van der Waals surface area contributed by atoms with Crippen molar-refractivity contribution >= 4 is 29.0 Å². The first-order valence-corrected chi connectivity index (χ1v) is 9.07. The third-order valence-corrected chi connectivity index (χ3v) is 5.05. The summed E-state index contributed by atoms with van der Waals surface area (Å²) in [6.45, 7) is 3.09. The van der Waals surface area contributed by atoms with E-state index in [9.17, 15) is 4.79 Å². The van der Waals surface area contributed by atoms with E-state index in [0.29, 0.717) is 29.6 Å². The molecule has 2 aromatic rings. The number of amides is 1. The van der Waals surface area contributed by atoms with E-state index in [0.717, 1.165) is 31.6 Å². The van der Waals surface area contributed by atoms with E-state index in [1.807, 2.05) is 12.1 Å². The lowest BCUT2D eigenvalue weighted by Gasteiger charge is -2.38. The number of nitrogens with one attached hydrogen (secondary N) is 1. The molecule has 6 nitrogen and oxygen atoms in total. The second-order valence-electron chi connectivity index (χ2n) is 6.46. The summed E-state index contributed by atoms with van der Waals surface area (Å²) in [6.07, 6.45) is 3.48. The van der Waals surface area contributed by atoms with Gasteiger partial charge < -0.3 is 19.7 Å². The van der Waals surface area contributed by atoms with Gasteiger partial charge in [-0.25, -0.2) is 4.98 Å². The maximum absolute atomic E-state index is 12.2. The highest BCUT2D eigenvalue weighted by molar-refractivity contribution is 6.30. The van der Waals surface area contributed by atoms with Crippen molar-refractivity contribution in [1.82, 2.24) is 4.98 Å². The topological polar surface area (TPSA) is 63.7 Å². The number of nitrogens with zero attached hydrogens (tertiary/aromatic N) is 2. The van der Waals surface area contributed by atoms with Gasteiger partial charge >= 0.3 is 0 Å². The molecule has 0 radical (unpaired) electrons. The first kappa shape index (κ1) is 17.3. The Morgan fingerprint density at radius 3 is 2.38 bits per heavy atom. The normalized spacial score (nSPS) is 18.9. The SMILES string of the molecule is O=C(Nc1ccc(N2CCC3(CC2)OCCO3)cn1)c1ccc(Cl)cc1. The van der Waals surface area contributed by atoms with Crippen molar-refractivity contribution in [2.45, 2.75) is 18.6 Å². The first-order valence-electron chi connectivity index (χ1n) is 8.69. The highest BCUT2D eigenvalue weighted by Gasteiger charge is 2.39. The van der Waals surface area contributed by atoms with Crippen LogP contribution in [0.2, 0.25) is 5.02 Å². The predicted molar refractivity (Wildman–Crippen MR) is 99.7 cm³/mol. The lowest BCUT2D eigenvalue weighted by molar-refractivity contribution is -0.169. The van der Waals surface area contributed by atoms with Crippen LogP contribution in [0.4, 0.5) is 11.5 Å². The Hall–Kier alpha value is -2.15. The van der Waals surface area contributed by atoms with Gasteiger partial charge in [-0.2, -0.15) is 0 Å². The molecule has 0 aliphatic carbocycles. The minimum absolute atomic E-state index is 0.211. The Kier molecular flexibility index (Phi) is 4.80. The van der Waals surface area contributed by atoms with Crippen molar-refractivity contribution in [3.05, 3.63) is 53.2 Å². The smallest absolute Gasteiger partial charge is 0.256 e. The number of hydrogen-bond acceptors (Lipinski definition) is 5. The minimum Gasteiger partial charge on any atom is -0.370 e. The quantitative estimate of drug-likeness (QED) is 0.894. The summed E-state index contributed by atoms with van der Waals surface area (Å²) in [7, 11) is 0. The van der Waals surface area contributed by atoms with Crippen LogP contribution in [0, 0.1) is 0 Å². The fourth-order valence-electron chi connectivity index (χ4n) is 3.33. The summed E-state index contributed by atoms with van der Waals surface area (Å²) in [5, 5.41) is 3.39. The van der Waals surface area contributed by atoms with Gasteiger partial charge in [0.05, 0.1) is 25.1 Å². The van der Waals surface area contributed by atoms with Gasteiger partial charge in [-0.3, -0.25) is 4.79 Å². The molecule has 7 heteroatoms. The highest BCUT2D eigenvalue weighted by atomic mass is 35.5. The number of ether oxygens (including phenoxy) is 2. The molecule has 26 heavy (non-hydrogen) atoms. The predicted octanol–water partition coefficient (Wildman–Crippen LogP) is 3.33. The van der Waals surface area contributed by atoms with Crippen LogP contribution in [-0.2, 0) is 9.47 Å². The Morgan fingerprint density at radius 1 is 1.08 bits per heavy atom.